The third-order valence-corrected chi connectivity index (χ3v) is 4.75. The van der Waals surface area contributed by atoms with Crippen LogP contribution in [0.15, 0.2) is 107 Å². The standard InChI is InChI=1S/C25H18N2O4/c28-25-22-12-11-21(13-23(22)30-17-24(25)31-20-9-5-2-6-10-20)29-16-18-14-26-27(15-18)19-7-3-1-4-8-19/h1-15,17H,16H2. The molecule has 0 N–H and O–H groups in total. The van der Waals surface area contributed by atoms with Crippen molar-refractivity contribution in [2.75, 3.05) is 0 Å². The highest BCUT2D eigenvalue weighted by Gasteiger charge is 2.10. The van der Waals surface area contributed by atoms with Crippen LogP contribution < -0.4 is 14.9 Å². The molecular weight excluding hydrogens is 392 g/mol. The first-order valence-electron chi connectivity index (χ1n) is 9.76. The third kappa shape index (κ3) is 4.04. The summed E-state index contributed by atoms with van der Waals surface area (Å²) < 4.78 is 18.9. The maximum Gasteiger partial charge on any atom is 0.235 e. The monoisotopic (exact) mass is 410 g/mol. The van der Waals surface area contributed by atoms with Crippen LogP contribution in [0.25, 0.3) is 16.7 Å². The van der Waals surface area contributed by atoms with Gasteiger partial charge in [-0.15, -0.1) is 0 Å². The number of ether oxygens (including phenoxy) is 2. The second kappa shape index (κ2) is 8.20. The van der Waals surface area contributed by atoms with Gasteiger partial charge in [-0.1, -0.05) is 36.4 Å². The molecule has 0 saturated heterocycles. The molecule has 0 aliphatic carbocycles. The largest absolute Gasteiger partial charge is 0.489 e. The van der Waals surface area contributed by atoms with E-state index >= 15 is 0 Å². The van der Waals surface area contributed by atoms with Gasteiger partial charge in [-0.3, -0.25) is 4.79 Å². The second-order valence-corrected chi connectivity index (χ2v) is 6.92. The summed E-state index contributed by atoms with van der Waals surface area (Å²) in [5, 5.41) is 4.80. The van der Waals surface area contributed by atoms with Gasteiger partial charge in [-0.2, -0.15) is 5.10 Å². The van der Waals surface area contributed by atoms with E-state index < -0.39 is 0 Å². The zero-order chi connectivity index (χ0) is 21.0. The van der Waals surface area contributed by atoms with Crippen LogP contribution in [-0.2, 0) is 6.61 Å². The molecule has 0 unspecified atom stereocenters. The fourth-order valence-electron chi connectivity index (χ4n) is 3.19. The summed E-state index contributed by atoms with van der Waals surface area (Å²) in [4.78, 5) is 12.7. The number of aromatic nitrogens is 2. The van der Waals surface area contributed by atoms with Crippen molar-refractivity contribution < 1.29 is 13.9 Å². The molecule has 31 heavy (non-hydrogen) atoms. The molecular formula is C25H18N2O4. The fraction of sp³-hybridized carbons (Fsp3) is 0.0400. The van der Waals surface area contributed by atoms with Crippen LogP contribution in [-0.4, -0.2) is 9.78 Å². The molecule has 0 atom stereocenters. The van der Waals surface area contributed by atoms with E-state index in [0.29, 0.717) is 29.1 Å². The molecule has 5 rings (SSSR count). The molecule has 5 aromatic rings. The van der Waals surface area contributed by atoms with Crippen molar-refractivity contribution in [1.82, 2.24) is 9.78 Å². The maximum atomic E-state index is 12.7. The highest BCUT2D eigenvalue weighted by atomic mass is 16.5. The average molecular weight is 410 g/mol. The van der Waals surface area contributed by atoms with Gasteiger partial charge >= 0.3 is 0 Å². The molecule has 6 nitrogen and oxygen atoms in total. The normalized spacial score (nSPS) is 10.8. The van der Waals surface area contributed by atoms with Crippen molar-refractivity contribution in [2.24, 2.45) is 0 Å². The molecule has 152 valence electrons. The molecule has 3 aromatic carbocycles. The molecule has 0 fully saturated rings. The lowest BCUT2D eigenvalue weighted by Crippen LogP contribution is -2.05. The van der Waals surface area contributed by atoms with Crippen LogP contribution in [0.1, 0.15) is 5.56 Å². The van der Waals surface area contributed by atoms with Gasteiger partial charge in [-0.05, 0) is 36.4 Å². The molecule has 0 aliphatic rings. The smallest absolute Gasteiger partial charge is 0.235 e. The van der Waals surface area contributed by atoms with E-state index in [2.05, 4.69) is 5.10 Å². The van der Waals surface area contributed by atoms with E-state index in [1.165, 1.54) is 6.26 Å². The molecule has 0 saturated carbocycles. The molecule has 0 bridgehead atoms. The van der Waals surface area contributed by atoms with Crippen molar-refractivity contribution in [1.29, 1.82) is 0 Å². The first-order chi connectivity index (χ1) is 15.3. The highest BCUT2D eigenvalue weighted by Crippen LogP contribution is 2.24. The number of nitrogens with zero attached hydrogens (tertiary/aromatic N) is 2. The van der Waals surface area contributed by atoms with E-state index in [1.54, 1.807) is 41.2 Å². The van der Waals surface area contributed by atoms with E-state index in [4.69, 9.17) is 13.9 Å². The van der Waals surface area contributed by atoms with Gasteiger partial charge in [0.15, 0.2) is 0 Å². The minimum Gasteiger partial charge on any atom is -0.489 e. The fourth-order valence-corrected chi connectivity index (χ4v) is 3.19. The number of rotatable bonds is 6. The molecule has 6 heteroatoms. The van der Waals surface area contributed by atoms with Crippen LogP contribution in [0.2, 0.25) is 0 Å². The topological polar surface area (TPSA) is 66.5 Å². The summed E-state index contributed by atoms with van der Waals surface area (Å²) >= 11 is 0. The van der Waals surface area contributed by atoms with Crippen LogP contribution >= 0.6 is 0 Å². The molecule has 2 aromatic heterocycles. The minimum atomic E-state index is -0.235. The summed E-state index contributed by atoms with van der Waals surface area (Å²) in [6.07, 6.45) is 5.01. The van der Waals surface area contributed by atoms with Crippen LogP contribution in [0.4, 0.5) is 0 Å². The molecule has 0 amide bonds. The Labute approximate surface area is 177 Å². The summed E-state index contributed by atoms with van der Waals surface area (Å²) in [6.45, 7) is 0.345. The lowest BCUT2D eigenvalue weighted by molar-refractivity contribution is 0.306. The predicted octanol–water partition coefficient (Wildman–Crippen LogP) is 5.35. The van der Waals surface area contributed by atoms with E-state index in [9.17, 15) is 4.79 Å². The quantitative estimate of drug-likeness (QED) is 0.377. The third-order valence-electron chi connectivity index (χ3n) is 4.75. The zero-order valence-electron chi connectivity index (χ0n) is 16.5. The maximum absolute atomic E-state index is 12.7. The van der Waals surface area contributed by atoms with Gasteiger partial charge in [0.05, 0.1) is 17.3 Å². The molecule has 2 heterocycles. The number of hydrogen-bond acceptors (Lipinski definition) is 5. The Morgan fingerprint density at radius 3 is 2.48 bits per heavy atom. The van der Waals surface area contributed by atoms with Crippen LogP contribution in [0.3, 0.4) is 0 Å². The van der Waals surface area contributed by atoms with Gasteiger partial charge in [0.25, 0.3) is 0 Å². The number of hydrogen-bond donors (Lipinski definition) is 0. The molecule has 0 spiro atoms. The van der Waals surface area contributed by atoms with Crippen molar-refractivity contribution in [2.45, 2.75) is 6.61 Å². The summed E-state index contributed by atoms with van der Waals surface area (Å²) in [5.41, 5.74) is 2.11. The van der Waals surface area contributed by atoms with Gasteiger partial charge in [-0.25, -0.2) is 4.68 Å². The van der Waals surface area contributed by atoms with Crippen molar-refractivity contribution >= 4 is 11.0 Å². The molecule has 0 aliphatic heterocycles. The Kier molecular flexibility index (Phi) is 4.94. The lowest BCUT2D eigenvalue weighted by Gasteiger charge is -2.07. The first-order valence-corrected chi connectivity index (χ1v) is 9.76. The summed E-state index contributed by atoms with van der Waals surface area (Å²) in [7, 11) is 0. The predicted molar refractivity (Wildman–Crippen MR) is 117 cm³/mol. The average Bonchev–Trinajstić information content (AvgIpc) is 3.30. The van der Waals surface area contributed by atoms with Crippen LogP contribution in [0.5, 0.6) is 17.2 Å². The SMILES string of the molecule is O=c1c(Oc2ccccc2)coc2cc(OCc3cnn(-c4ccccc4)c3)ccc12. The van der Waals surface area contributed by atoms with Gasteiger partial charge in [0.1, 0.15) is 30.0 Å². The summed E-state index contributed by atoms with van der Waals surface area (Å²) in [5.74, 6) is 1.31. The van der Waals surface area contributed by atoms with Crippen molar-refractivity contribution in [3.05, 3.63) is 113 Å². The van der Waals surface area contributed by atoms with E-state index in [0.717, 1.165) is 11.3 Å². The van der Waals surface area contributed by atoms with Gasteiger partial charge < -0.3 is 13.9 Å². The number of benzene rings is 3. The first kappa shape index (κ1) is 18.7. The van der Waals surface area contributed by atoms with Crippen molar-refractivity contribution in [3.8, 4) is 22.9 Å². The van der Waals surface area contributed by atoms with Gasteiger partial charge in [0.2, 0.25) is 11.2 Å². The van der Waals surface area contributed by atoms with Crippen LogP contribution in [0, 0.1) is 0 Å². The second-order valence-electron chi connectivity index (χ2n) is 6.92. The Morgan fingerprint density at radius 1 is 0.903 bits per heavy atom. The minimum absolute atomic E-state index is 0.140. The Hall–Kier alpha value is -4.32. The zero-order valence-corrected chi connectivity index (χ0v) is 16.5. The van der Waals surface area contributed by atoms with Crippen molar-refractivity contribution in [3.63, 3.8) is 0 Å². The number of fused-ring (bicyclic) bond motifs is 1. The Morgan fingerprint density at radius 2 is 1.68 bits per heavy atom. The number of para-hydroxylation sites is 2. The lowest BCUT2D eigenvalue weighted by atomic mass is 10.2. The summed E-state index contributed by atoms with van der Waals surface area (Å²) in [6, 6.07) is 24.1. The Balaban J connectivity index is 1.32. The van der Waals surface area contributed by atoms with Gasteiger partial charge in [0, 0.05) is 17.8 Å². The Bertz CT molecular complexity index is 1380. The van der Waals surface area contributed by atoms with E-state index in [-0.39, 0.29) is 11.2 Å². The molecule has 0 radical (unpaired) electrons. The highest BCUT2D eigenvalue weighted by molar-refractivity contribution is 5.79. The van der Waals surface area contributed by atoms with E-state index in [1.807, 2.05) is 54.7 Å².